The average molecular weight is 567 g/mol. The Kier molecular flexibility index (Phi) is 10.4. The highest BCUT2D eigenvalue weighted by Crippen LogP contribution is 2.27. The summed E-state index contributed by atoms with van der Waals surface area (Å²) >= 11 is 0. The maximum Gasteiger partial charge on any atom is 0.271 e. The van der Waals surface area contributed by atoms with Gasteiger partial charge < -0.3 is 10.2 Å². The minimum atomic E-state index is -4.31. The van der Waals surface area contributed by atoms with E-state index >= 15 is 0 Å². The van der Waals surface area contributed by atoms with Gasteiger partial charge in [0.1, 0.15) is 12.6 Å². The van der Waals surface area contributed by atoms with Crippen LogP contribution in [-0.2, 0) is 26.2 Å². The lowest BCUT2D eigenvalue weighted by molar-refractivity contribution is -0.384. The van der Waals surface area contributed by atoms with Crippen LogP contribution >= 0.6 is 0 Å². The Morgan fingerprint density at radius 1 is 0.925 bits per heavy atom. The molecule has 0 aliphatic carbocycles. The summed E-state index contributed by atoms with van der Waals surface area (Å²) in [4.78, 5) is 39.4. The molecule has 0 bridgehead atoms. The number of rotatable bonds is 13. The largest absolute Gasteiger partial charge is 0.352 e. The Balaban J connectivity index is 2.08. The molecule has 2 amide bonds. The number of nitrogens with zero attached hydrogens (tertiary/aromatic N) is 3. The summed E-state index contributed by atoms with van der Waals surface area (Å²) in [5.41, 5.74) is 0.403. The molecular weight excluding hydrogens is 532 g/mol. The molecule has 0 spiro atoms. The quantitative estimate of drug-likeness (QED) is 0.239. The van der Waals surface area contributed by atoms with E-state index in [1.54, 1.807) is 25.1 Å². The lowest BCUT2D eigenvalue weighted by Gasteiger charge is -2.33. The Bertz CT molecular complexity index is 1420. The van der Waals surface area contributed by atoms with E-state index in [9.17, 15) is 28.1 Å². The van der Waals surface area contributed by atoms with Crippen LogP contribution in [0.2, 0.25) is 0 Å². The van der Waals surface area contributed by atoms with Crippen LogP contribution in [0.15, 0.2) is 89.8 Å². The van der Waals surface area contributed by atoms with Crippen molar-refractivity contribution in [2.45, 2.75) is 57.1 Å². The van der Waals surface area contributed by atoms with Crippen molar-refractivity contribution in [3.63, 3.8) is 0 Å². The first-order valence-electron chi connectivity index (χ1n) is 13.0. The number of nitro benzene ring substituents is 1. The van der Waals surface area contributed by atoms with E-state index in [1.165, 1.54) is 35.2 Å². The number of non-ortho nitro benzene ring substituents is 1. The summed E-state index contributed by atoms with van der Waals surface area (Å²) in [6, 6.07) is 20.8. The van der Waals surface area contributed by atoms with E-state index in [0.29, 0.717) is 12.8 Å². The van der Waals surface area contributed by atoms with E-state index in [4.69, 9.17) is 0 Å². The normalized spacial score (nSPS) is 12.7. The second-order valence-corrected chi connectivity index (χ2v) is 11.2. The van der Waals surface area contributed by atoms with Crippen molar-refractivity contribution >= 4 is 33.2 Å². The molecule has 0 unspecified atom stereocenters. The van der Waals surface area contributed by atoms with Gasteiger partial charge in [-0.05, 0) is 43.5 Å². The molecule has 3 aromatic rings. The molecule has 0 aliphatic rings. The maximum atomic E-state index is 14.0. The van der Waals surface area contributed by atoms with Crippen LogP contribution in [-0.4, -0.2) is 48.7 Å². The van der Waals surface area contributed by atoms with E-state index in [2.05, 4.69) is 5.32 Å². The van der Waals surface area contributed by atoms with E-state index in [0.717, 1.165) is 15.9 Å². The molecule has 0 radical (unpaired) electrons. The van der Waals surface area contributed by atoms with Crippen LogP contribution in [0.5, 0.6) is 0 Å². The topological polar surface area (TPSA) is 130 Å². The molecule has 212 valence electrons. The number of hydrogen-bond donors (Lipinski definition) is 1. The van der Waals surface area contributed by atoms with Crippen molar-refractivity contribution in [3.8, 4) is 0 Å². The minimum absolute atomic E-state index is 0.0387. The van der Waals surface area contributed by atoms with Crippen molar-refractivity contribution < 1.29 is 22.9 Å². The van der Waals surface area contributed by atoms with Gasteiger partial charge in [0.15, 0.2) is 0 Å². The predicted octanol–water partition coefficient (Wildman–Crippen LogP) is 4.51. The van der Waals surface area contributed by atoms with Gasteiger partial charge in [-0.2, -0.15) is 0 Å². The zero-order valence-corrected chi connectivity index (χ0v) is 23.6. The third-order valence-electron chi connectivity index (χ3n) is 6.52. The Morgan fingerprint density at radius 2 is 1.55 bits per heavy atom. The smallest absolute Gasteiger partial charge is 0.271 e. The number of amides is 2. The molecule has 3 rings (SSSR count). The number of hydrogen-bond acceptors (Lipinski definition) is 6. The first-order valence-corrected chi connectivity index (χ1v) is 14.5. The predicted molar refractivity (Wildman–Crippen MR) is 153 cm³/mol. The molecule has 0 aromatic heterocycles. The second kappa shape index (κ2) is 13.7. The lowest BCUT2D eigenvalue weighted by atomic mass is 10.1. The van der Waals surface area contributed by atoms with Crippen molar-refractivity contribution in [1.29, 1.82) is 0 Å². The molecule has 0 heterocycles. The molecule has 10 nitrogen and oxygen atoms in total. The van der Waals surface area contributed by atoms with Crippen molar-refractivity contribution in [3.05, 3.63) is 101 Å². The van der Waals surface area contributed by atoms with E-state index in [-0.39, 0.29) is 34.8 Å². The van der Waals surface area contributed by atoms with E-state index in [1.807, 2.05) is 44.2 Å². The summed E-state index contributed by atoms with van der Waals surface area (Å²) in [6.07, 6.45) is 0.994. The maximum absolute atomic E-state index is 14.0. The summed E-state index contributed by atoms with van der Waals surface area (Å²) in [5, 5.41) is 14.4. The monoisotopic (exact) mass is 566 g/mol. The van der Waals surface area contributed by atoms with Crippen LogP contribution in [0.25, 0.3) is 0 Å². The van der Waals surface area contributed by atoms with Crippen LogP contribution in [0, 0.1) is 10.1 Å². The first-order chi connectivity index (χ1) is 19.1. The zero-order valence-electron chi connectivity index (χ0n) is 22.8. The third kappa shape index (κ3) is 7.44. The molecule has 0 saturated carbocycles. The number of nitrogens with one attached hydrogen (secondary N) is 1. The Labute approximate surface area is 234 Å². The average Bonchev–Trinajstić information content (AvgIpc) is 2.96. The highest BCUT2D eigenvalue weighted by atomic mass is 32.2. The SMILES string of the molecule is CC[C@@H](C)NC(=O)[C@@H](CC)N(Cc1ccccc1)C(=O)CN(c1cccc([N+](=O)[O-])c1)S(=O)(=O)c1ccccc1. The fourth-order valence-electron chi connectivity index (χ4n) is 4.15. The van der Waals surface area contributed by atoms with Crippen LogP contribution in [0.1, 0.15) is 39.2 Å². The molecule has 0 fully saturated rings. The lowest BCUT2D eigenvalue weighted by Crippen LogP contribution is -2.53. The van der Waals surface area contributed by atoms with Gasteiger partial charge in [0.05, 0.1) is 15.5 Å². The van der Waals surface area contributed by atoms with Crippen LogP contribution in [0.4, 0.5) is 11.4 Å². The number of carbonyl (C=O) groups excluding carboxylic acids is 2. The Hall–Kier alpha value is -4.25. The second-order valence-electron chi connectivity index (χ2n) is 9.35. The molecular formula is C29H34N4O6S. The van der Waals surface area contributed by atoms with Gasteiger partial charge in [0, 0.05) is 24.7 Å². The summed E-state index contributed by atoms with van der Waals surface area (Å²) in [6.45, 7) is 4.98. The third-order valence-corrected chi connectivity index (χ3v) is 8.31. The van der Waals surface area contributed by atoms with Crippen molar-refractivity contribution in [2.75, 3.05) is 10.8 Å². The summed E-state index contributed by atoms with van der Waals surface area (Å²) in [7, 11) is -4.31. The fraction of sp³-hybridized carbons (Fsp3) is 0.310. The van der Waals surface area contributed by atoms with Gasteiger partial charge in [-0.1, -0.05) is 68.4 Å². The highest BCUT2D eigenvalue weighted by Gasteiger charge is 2.34. The fourth-order valence-corrected chi connectivity index (χ4v) is 5.58. The molecule has 1 N–H and O–H groups in total. The zero-order chi connectivity index (χ0) is 29.3. The highest BCUT2D eigenvalue weighted by molar-refractivity contribution is 7.92. The van der Waals surface area contributed by atoms with Gasteiger partial charge in [-0.3, -0.25) is 24.0 Å². The standard InChI is InChI=1S/C29H34N4O6S/c1-4-22(3)30-29(35)27(5-2)31(20-23-13-8-6-9-14-23)28(34)21-32(24-15-12-16-25(19-24)33(36)37)40(38,39)26-17-10-7-11-18-26/h6-19,22,27H,4-5,20-21H2,1-3H3,(H,30,35)/t22-,27-/m1/s1. The molecule has 0 aliphatic heterocycles. The molecule has 3 aromatic carbocycles. The minimum Gasteiger partial charge on any atom is -0.352 e. The van der Waals surface area contributed by atoms with Gasteiger partial charge in [0.25, 0.3) is 15.7 Å². The summed E-state index contributed by atoms with van der Waals surface area (Å²) in [5.74, 6) is -0.963. The summed E-state index contributed by atoms with van der Waals surface area (Å²) < 4.78 is 28.4. The van der Waals surface area contributed by atoms with Gasteiger partial charge >= 0.3 is 0 Å². The number of benzene rings is 3. The van der Waals surface area contributed by atoms with Crippen LogP contribution < -0.4 is 9.62 Å². The number of carbonyl (C=O) groups is 2. The van der Waals surface area contributed by atoms with Gasteiger partial charge in [0.2, 0.25) is 11.8 Å². The van der Waals surface area contributed by atoms with Gasteiger partial charge in [-0.25, -0.2) is 8.42 Å². The first kappa shape index (κ1) is 30.3. The number of sulfonamides is 1. The molecule has 2 atom stereocenters. The van der Waals surface area contributed by atoms with Crippen molar-refractivity contribution in [2.24, 2.45) is 0 Å². The molecule has 11 heteroatoms. The Morgan fingerprint density at radius 3 is 2.12 bits per heavy atom. The van der Waals surface area contributed by atoms with Gasteiger partial charge in [-0.15, -0.1) is 0 Å². The van der Waals surface area contributed by atoms with Crippen molar-refractivity contribution in [1.82, 2.24) is 10.2 Å². The molecule has 0 saturated heterocycles. The molecule has 40 heavy (non-hydrogen) atoms. The van der Waals surface area contributed by atoms with E-state index < -0.39 is 33.4 Å². The van der Waals surface area contributed by atoms with Crippen LogP contribution in [0.3, 0.4) is 0 Å². The number of anilines is 1. The number of nitro groups is 1.